The van der Waals surface area contributed by atoms with Crippen molar-refractivity contribution in [3.05, 3.63) is 84.8 Å². The lowest BCUT2D eigenvalue weighted by atomic mass is 10.2. The van der Waals surface area contributed by atoms with Gasteiger partial charge in [0.2, 0.25) is 5.91 Å². The number of fused-ring (bicyclic) bond motifs is 1. The van der Waals surface area contributed by atoms with E-state index in [9.17, 15) is 9.59 Å². The highest BCUT2D eigenvalue weighted by molar-refractivity contribution is 6.03. The molecule has 4 rings (SSSR count). The second-order valence-corrected chi connectivity index (χ2v) is 6.65. The fraction of sp³-hybridized carbons (Fsp3) is 0.0435. The van der Waals surface area contributed by atoms with Gasteiger partial charge in [-0.1, -0.05) is 18.2 Å². The Hall–Kier alpha value is -4.26. The van der Waals surface area contributed by atoms with Gasteiger partial charge in [0.15, 0.2) is 0 Å². The minimum Gasteiger partial charge on any atom is -0.354 e. The topological polar surface area (TPSA) is 96.0 Å². The molecule has 0 fully saturated rings. The van der Waals surface area contributed by atoms with Gasteiger partial charge in [-0.3, -0.25) is 19.6 Å². The Morgan fingerprint density at radius 2 is 1.50 bits per heavy atom. The van der Waals surface area contributed by atoms with Crippen LogP contribution in [-0.2, 0) is 4.79 Å². The molecule has 0 aliphatic heterocycles. The first-order chi connectivity index (χ1) is 14.6. The zero-order valence-corrected chi connectivity index (χ0v) is 16.2. The van der Waals surface area contributed by atoms with Crippen LogP contribution in [0.3, 0.4) is 0 Å². The molecule has 3 N–H and O–H groups in total. The van der Waals surface area contributed by atoms with Crippen molar-refractivity contribution in [1.29, 1.82) is 0 Å². The summed E-state index contributed by atoms with van der Waals surface area (Å²) in [5.74, 6) is -0.483. The van der Waals surface area contributed by atoms with Crippen molar-refractivity contribution in [3.8, 4) is 0 Å². The number of hydrogen-bond acceptors (Lipinski definition) is 5. The summed E-state index contributed by atoms with van der Waals surface area (Å²) in [6.45, 7) is 1.44. The molecule has 0 bridgehead atoms. The average Bonchev–Trinajstić information content (AvgIpc) is 2.75. The van der Waals surface area contributed by atoms with E-state index >= 15 is 0 Å². The van der Waals surface area contributed by atoms with E-state index in [1.807, 2.05) is 30.3 Å². The van der Waals surface area contributed by atoms with Crippen LogP contribution >= 0.6 is 0 Å². The Kier molecular flexibility index (Phi) is 5.34. The van der Waals surface area contributed by atoms with Gasteiger partial charge in [0.05, 0.1) is 11.2 Å². The van der Waals surface area contributed by atoms with Crippen molar-refractivity contribution in [3.63, 3.8) is 0 Å². The molecule has 0 saturated heterocycles. The van der Waals surface area contributed by atoms with Crippen LogP contribution in [0.4, 0.5) is 22.7 Å². The Morgan fingerprint density at radius 1 is 0.767 bits per heavy atom. The van der Waals surface area contributed by atoms with Gasteiger partial charge in [0.1, 0.15) is 5.69 Å². The minimum absolute atomic E-state index is 0.151. The molecule has 0 aliphatic carbocycles. The van der Waals surface area contributed by atoms with Crippen LogP contribution in [0.2, 0.25) is 0 Å². The molecule has 7 heteroatoms. The maximum Gasteiger partial charge on any atom is 0.274 e. The predicted molar refractivity (Wildman–Crippen MR) is 118 cm³/mol. The highest BCUT2D eigenvalue weighted by Gasteiger charge is 2.10. The third-order valence-corrected chi connectivity index (χ3v) is 4.37. The first kappa shape index (κ1) is 19.1. The van der Waals surface area contributed by atoms with Crippen molar-refractivity contribution in [1.82, 2.24) is 9.97 Å². The zero-order valence-electron chi connectivity index (χ0n) is 16.2. The number of para-hydroxylation sites is 1. The van der Waals surface area contributed by atoms with E-state index in [-0.39, 0.29) is 17.5 Å². The quantitative estimate of drug-likeness (QED) is 0.458. The minimum atomic E-state index is -0.332. The number of nitrogens with one attached hydrogen (secondary N) is 3. The Morgan fingerprint density at radius 3 is 2.27 bits per heavy atom. The molecule has 0 saturated carbocycles. The highest BCUT2D eigenvalue weighted by Crippen LogP contribution is 2.24. The summed E-state index contributed by atoms with van der Waals surface area (Å²) in [5.41, 5.74) is 3.97. The van der Waals surface area contributed by atoms with E-state index in [0.717, 1.165) is 22.3 Å². The molecule has 4 aromatic rings. The summed E-state index contributed by atoms with van der Waals surface area (Å²) in [5, 5.41) is 9.82. The van der Waals surface area contributed by atoms with Crippen LogP contribution in [0.15, 0.2) is 79.1 Å². The molecule has 0 radical (unpaired) electrons. The van der Waals surface area contributed by atoms with Crippen LogP contribution in [0.25, 0.3) is 10.9 Å². The summed E-state index contributed by atoms with van der Waals surface area (Å²) >= 11 is 0. The maximum absolute atomic E-state index is 12.6. The number of carbonyl (C=O) groups is 2. The molecule has 0 spiro atoms. The van der Waals surface area contributed by atoms with Gasteiger partial charge in [0, 0.05) is 41.8 Å². The number of rotatable bonds is 5. The molecule has 30 heavy (non-hydrogen) atoms. The molecule has 2 heterocycles. The number of nitrogens with zero attached hydrogens (tertiary/aromatic N) is 2. The monoisotopic (exact) mass is 397 g/mol. The number of amides is 2. The number of aromatic nitrogens is 2. The van der Waals surface area contributed by atoms with E-state index in [2.05, 4.69) is 25.9 Å². The molecule has 148 valence electrons. The largest absolute Gasteiger partial charge is 0.354 e. The number of benzene rings is 2. The van der Waals surface area contributed by atoms with Crippen molar-refractivity contribution in [2.75, 3.05) is 16.0 Å². The maximum atomic E-state index is 12.6. The predicted octanol–water partition coefficient (Wildman–Crippen LogP) is 4.58. The average molecular weight is 397 g/mol. The highest BCUT2D eigenvalue weighted by atomic mass is 16.2. The normalized spacial score (nSPS) is 10.4. The fourth-order valence-corrected chi connectivity index (χ4v) is 3.03. The van der Waals surface area contributed by atoms with Crippen molar-refractivity contribution >= 4 is 45.5 Å². The Balaban J connectivity index is 1.50. The number of hydrogen-bond donors (Lipinski definition) is 3. The van der Waals surface area contributed by atoms with Crippen LogP contribution < -0.4 is 16.0 Å². The standard InChI is InChI=1S/C23H19N5O2/c1-15(29)26-17-7-9-18(10-8-17)28-23(30)21-14-19(11-13-24-21)27-20-6-2-4-16-5-3-12-25-22(16)20/h2-14H,1H3,(H,24,27)(H,26,29)(H,28,30). The Labute approximate surface area is 173 Å². The van der Waals surface area contributed by atoms with Gasteiger partial charge in [-0.05, 0) is 48.5 Å². The summed E-state index contributed by atoms with van der Waals surface area (Å²) in [6, 6.07) is 20.1. The lowest BCUT2D eigenvalue weighted by Gasteiger charge is -2.10. The molecule has 2 aromatic carbocycles. The third-order valence-electron chi connectivity index (χ3n) is 4.37. The van der Waals surface area contributed by atoms with Gasteiger partial charge < -0.3 is 16.0 Å². The van der Waals surface area contributed by atoms with Crippen LogP contribution in [0.5, 0.6) is 0 Å². The van der Waals surface area contributed by atoms with Gasteiger partial charge in [-0.2, -0.15) is 0 Å². The molecular formula is C23H19N5O2. The van der Waals surface area contributed by atoms with Crippen molar-refractivity contribution in [2.45, 2.75) is 6.92 Å². The molecule has 0 aliphatic rings. The first-order valence-corrected chi connectivity index (χ1v) is 9.34. The van der Waals surface area contributed by atoms with Gasteiger partial charge in [-0.25, -0.2) is 0 Å². The fourth-order valence-electron chi connectivity index (χ4n) is 3.03. The van der Waals surface area contributed by atoms with Gasteiger partial charge >= 0.3 is 0 Å². The first-order valence-electron chi connectivity index (χ1n) is 9.34. The SMILES string of the molecule is CC(=O)Nc1ccc(NC(=O)c2cc(Nc3cccc4cccnc34)ccn2)cc1. The van der Waals surface area contributed by atoms with Crippen molar-refractivity contribution in [2.24, 2.45) is 0 Å². The lowest BCUT2D eigenvalue weighted by Crippen LogP contribution is -2.14. The molecule has 7 nitrogen and oxygen atoms in total. The summed E-state index contributed by atoms with van der Waals surface area (Å²) in [6.07, 6.45) is 3.33. The lowest BCUT2D eigenvalue weighted by molar-refractivity contribution is -0.114. The number of anilines is 4. The summed E-state index contributed by atoms with van der Waals surface area (Å²) < 4.78 is 0. The number of carbonyl (C=O) groups excluding carboxylic acids is 2. The van der Waals surface area contributed by atoms with E-state index < -0.39 is 0 Å². The van der Waals surface area contributed by atoms with Crippen LogP contribution in [0, 0.1) is 0 Å². The second kappa shape index (κ2) is 8.40. The molecule has 2 amide bonds. The zero-order chi connectivity index (χ0) is 20.9. The molecule has 2 aromatic heterocycles. The van der Waals surface area contributed by atoms with Crippen LogP contribution in [0.1, 0.15) is 17.4 Å². The number of pyridine rings is 2. The molecule has 0 unspecified atom stereocenters. The van der Waals surface area contributed by atoms with Gasteiger partial charge in [0.25, 0.3) is 5.91 Å². The van der Waals surface area contributed by atoms with Crippen LogP contribution in [-0.4, -0.2) is 21.8 Å². The van der Waals surface area contributed by atoms with E-state index in [1.165, 1.54) is 6.92 Å². The van der Waals surface area contributed by atoms with Crippen molar-refractivity contribution < 1.29 is 9.59 Å². The van der Waals surface area contributed by atoms with E-state index in [4.69, 9.17) is 0 Å². The smallest absolute Gasteiger partial charge is 0.274 e. The summed E-state index contributed by atoms with van der Waals surface area (Å²) in [4.78, 5) is 32.3. The summed E-state index contributed by atoms with van der Waals surface area (Å²) in [7, 11) is 0. The van der Waals surface area contributed by atoms with E-state index in [1.54, 1.807) is 48.8 Å². The molecule has 0 atom stereocenters. The third kappa shape index (κ3) is 4.41. The van der Waals surface area contributed by atoms with Gasteiger partial charge in [-0.15, -0.1) is 0 Å². The second-order valence-electron chi connectivity index (χ2n) is 6.65. The molecular weight excluding hydrogens is 378 g/mol. The Bertz CT molecular complexity index is 1220. The van der Waals surface area contributed by atoms with E-state index in [0.29, 0.717) is 11.4 Å².